The summed E-state index contributed by atoms with van der Waals surface area (Å²) in [5.74, 6) is 0. The molecule has 0 heterocycles. The third-order valence-corrected chi connectivity index (χ3v) is 8.65. The van der Waals surface area contributed by atoms with Crippen molar-refractivity contribution in [3.05, 3.63) is 57.5 Å². The van der Waals surface area contributed by atoms with Gasteiger partial charge >= 0.3 is 0 Å². The summed E-state index contributed by atoms with van der Waals surface area (Å²) in [6.45, 7) is 22.3. The van der Waals surface area contributed by atoms with Crippen LogP contribution in [0.1, 0.15) is 227 Å². The maximum atomic E-state index is 10.2. The van der Waals surface area contributed by atoms with Gasteiger partial charge in [0.2, 0.25) is 0 Å². The van der Waals surface area contributed by atoms with Gasteiger partial charge in [0, 0.05) is 31.1 Å². The molecule has 0 spiro atoms. The van der Waals surface area contributed by atoms with Gasteiger partial charge in [-0.15, -0.1) is 0 Å². The average Bonchev–Trinajstić information content (AvgIpc) is 3.10. The molecule has 4 heteroatoms. The zero-order valence-electron chi connectivity index (χ0n) is 34.0. The van der Waals surface area contributed by atoms with E-state index in [1.165, 1.54) is 173 Å². The molecule has 0 aromatic heterocycles. The Balaban J connectivity index is -0.000000170. The molecular weight excluding hydrogens is 696 g/mol. The number of rotatable bonds is 28. The number of benzene rings is 1. The van der Waals surface area contributed by atoms with Crippen LogP contribution in [0.3, 0.4) is 0 Å². The van der Waals surface area contributed by atoms with E-state index in [-0.39, 0.29) is 26.2 Å². The predicted molar refractivity (Wildman–Crippen MR) is 221 cm³/mol. The minimum absolute atomic E-state index is 0. The first kappa shape index (κ1) is 58.5. The van der Waals surface area contributed by atoms with Crippen LogP contribution in [0.4, 0.5) is 0 Å². The molecule has 0 aliphatic heterocycles. The quantitative estimate of drug-likeness (QED) is 0.0482. The van der Waals surface area contributed by atoms with Gasteiger partial charge in [-0.2, -0.15) is 33.1 Å². The van der Waals surface area contributed by atoms with Gasteiger partial charge in [-0.05, 0) is 23.2 Å². The first-order valence-corrected chi connectivity index (χ1v) is 21.8. The summed E-state index contributed by atoms with van der Waals surface area (Å²) in [5.41, 5.74) is 0. The van der Waals surface area contributed by atoms with E-state index in [0.717, 1.165) is 19.3 Å². The molecule has 1 unspecified atom stereocenters. The molecule has 0 radical (unpaired) electrons. The second kappa shape index (κ2) is 60.3. The summed E-state index contributed by atoms with van der Waals surface area (Å²) in [5, 5.41) is 0. The molecule has 1 atom stereocenters. The Hall–Kier alpha value is 0.213. The summed E-state index contributed by atoms with van der Waals surface area (Å²) < 4.78 is 20.4. The summed E-state index contributed by atoms with van der Waals surface area (Å²) >= 11 is -2.08. The van der Waals surface area contributed by atoms with E-state index in [9.17, 15) is 8.76 Å². The SMILES string of the molecule is C[CH-]C.O=S([O-])c1ccccc1.[CH2-]CCCCCCCCCCC.[CH2-]CCCCCCCCCCC.[CH2-]CCCCCCCCCCC.[Zr]. The van der Waals surface area contributed by atoms with E-state index < -0.39 is 11.1 Å². The monoisotopic (exact) mass is 782 g/mol. The summed E-state index contributed by atoms with van der Waals surface area (Å²) in [6, 6.07) is 8.23. The van der Waals surface area contributed by atoms with Gasteiger partial charge in [0.1, 0.15) is 0 Å². The minimum Gasteiger partial charge on any atom is -0.768 e. The Kier molecular flexibility index (Phi) is 72.0. The fourth-order valence-corrected chi connectivity index (χ4v) is 5.37. The first-order chi connectivity index (χ1) is 23.5. The van der Waals surface area contributed by atoms with E-state index in [1.807, 2.05) is 20.3 Å². The van der Waals surface area contributed by atoms with Gasteiger partial charge in [-0.3, -0.25) is 4.21 Å². The Morgan fingerprint density at radius 2 is 0.673 bits per heavy atom. The Bertz CT molecular complexity index is 563. The van der Waals surface area contributed by atoms with E-state index in [0.29, 0.717) is 4.90 Å². The van der Waals surface area contributed by atoms with E-state index >= 15 is 0 Å². The molecule has 0 aliphatic rings. The summed E-state index contributed by atoms with van der Waals surface area (Å²) in [7, 11) is 0. The van der Waals surface area contributed by atoms with Crippen LogP contribution in [0.25, 0.3) is 0 Å². The van der Waals surface area contributed by atoms with Crippen LogP contribution in [0.5, 0.6) is 0 Å². The van der Waals surface area contributed by atoms with Gasteiger partial charge in [0.25, 0.3) is 0 Å². The second-order valence-corrected chi connectivity index (χ2v) is 14.1. The minimum atomic E-state index is -2.08. The standard InChI is InChI=1S/3C12H25.C6H6O2S.C3H7.Zr/c3*1-3-5-7-9-11-12-10-8-6-4-2;7-9(8)6-4-2-1-3-5-6;1-3-2;/h3*1,3-12H2,2H3;1-5H,(H,7,8);3H,1-2H3;/q3*-1;;-1;/p-1. The normalized spacial score (nSPS) is 10.5. The zero-order valence-corrected chi connectivity index (χ0v) is 37.3. The molecule has 2 nitrogen and oxygen atoms in total. The van der Waals surface area contributed by atoms with Crippen molar-refractivity contribution in [2.24, 2.45) is 0 Å². The molecule has 0 fully saturated rings. The predicted octanol–water partition coefficient (Wildman–Crippen LogP) is 16.4. The van der Waals surface area contributed by atoms with E-state index in [4.69, 9.17) is 0 Å². The van der Waals surface area contributed by atoms with Crippen LogP contribution in [-0.2, 0) is 37.3 Å². The second-order valence-electron chi connectivity index (χ2n) is 13.2. The Morgan fingerprint density at radius 1 is 0.469 bits per heavy atom. The van der Waals surface area contributed by atoms with Crippen molar-refractivity contribution < 1.29 is 35.0 Å². The topological polar surface area (TPSA) is 40.1 Å². The molecular formula is C45H87O2SZr-5. The van der Waals surface area contributed by atoms with Crippen molar-refractivity contribution in [3.8, 4) is 0 Å². The fraction of sp³-hybridized carbons (Fsp3) is 0.778. The largest absolute Gasteiger partial charge is 0.768 e. The van der Waals surface area contributed by atoms with E-state index in [2.05, 4.69) is 41.5 Å². The molecule has 1 rings (SSSR count). The third kappa shape index (κ3) is 67.0. The Labute approximate surface area is 333 Å². The van der Waals surface area contributed by atoms with Crippen molar-refractivity contribution >= 4 is 11.1 Å². The van der Waals surface area contributed by atoms with Crippen LogP contribution in [0, 0.1) is 27.2 Å². The number of hydrogen-bond donors (Lipinski definition) is 0. The molecule has 0 N–H and O–H groups in total. The third-order valence-electron chi connectivity index (χ3n) is 8.00. The van der Waals surface area contributed by atoms with Crippen molar-refractivity contribution in [3.63, 3.8) is 0 Å². The smallest absolute Gasteiger partial charge is 0.0248 e. The van der Waals surface area contributed by atoms with E-state index in [1.54, 1.807) is 30.3 Å². The average molecular weight is 783 g/mol. The van der Waals surface area contributed by atoms with Crippen LogP contribution < -0.4 is 0 Å². The molecule has 294 valence electrons. The molecule has 0 aliphatic carbocycles. The fourth-order valence-electron chi connectivity index (χ4n) is 4.99. The van der Waals surface area contributed by atoms with Gasteiger partial charge in [-0.25, -0.2) is 0 Å². The van der Waals surface area contributed by atoms with Crippen molar-refractivity contribution in [1.29, 1.82) is 0 Å². The van der Waals surface area contributed by atoms with Gasteiger partial charge < -0.3 is 31.7 Å². The number of hydrogen-bond acceptors (Lipinski definition) is 2. The van der Waals surface area contributed by atoms with Crippen molar-refractivity contribution in [2.45, 2.75) is 232 Å². The first-order valence-electron chi connectivity index (χ1n) is 20.7. The van der Waals surface area contributed by atoms with Crippen molar-refractivity contribution in [1.82, 2.24) is 0 Å². The molecule has 1 aromatic rings. The van der Waals surface area contributed by atoms with Crippen LogP contribution in [0.15, 0.2) is 35.2 Å². The van der Waals surface area contributed by atoms with Gasteiger partial charge in [-0.1, -0.05) is 212 Å². The van der Waals surface area contributed by atoms with Crippen LogP contribution >= 0.6 is 0 Å². The molecule has 0 saturated heterocycles. The maximum Gasteiger partial charge on any atom is 0.0248 e. The van der Waals surface area contributed by atoms with Gasteiger partial charge in [0.15, 0.2) is 0 Å². The van der Waals surface area contributed by atoms with Crippen LogP contribution in [-0.4, -0.2) is 8.76 Å². The Morgan fingerprint density at radius 3 is 0.837 bits per heavy atom. The molecule has 0 amide bonds. The van der Waals surface area contributed by atoms with Crippen molar-refractivity contribution in [2.75, 3.05) is 0 Å². The molecule has 0 saturated carbocycles. The number of unbranched alkanes of at least 4 members (excludes halogenated alkanes) is 27. The maximum absolute atomic E-state index is 10.2. The summed E-state index contributed by atoms with van der Waals surface area (Å²) in [6.07, 6.45) is 43.7. The summed E-state index contributed by atoms with van der Waals surface area (Å²) in [4.78, 5) is 0.331. The molecule has 49 heavy (non-hydrogen) atoms. The molecule has 0 bridgehead atoms. The zero-order chi connectivity index (χ0) is 36.6. The van der Waals surface area contributed by atoms with Crippen LogP contribution in [0.2, 0.25) is 0 Å². The molecule has 1 aromatic carbocycles. The van der Waals surface area contributed by atoms with Gasteiger partial charge in [0.05, 0.1) is 0 Å².